The molecule has 130 valence electrons. The number of phenols is 1. The fraction of sp³-hybridized carbons (Fsp3) is 0.0667. The van der Waals surface area contributed by atoms with Gasteiger partial charge in [0.15, 0.2) is 12.4 Å². The van der Waals surface area contributed by atoms with Crippen molar-refractivity contribution in [3.8, 4) is 11.5 Å². The first-order chi connectivity index (χ1) is 11.9. The number of nitro groups is 1. The highest BCUT2D eigenvalue weighted by atomic mass is 127. The quantitative estimate of drug-likeness (QED) is 0.241. The van der Waals surface area contributed by atoms with Crippen LogP contribution < -0.4 is 10.2 Å². The SMILES string of the molecule is O=C(COc1ccccc1[N+](=O)[O-])NN=Cc1cc(I)cc(I)c1O. The average Bonchev–Trinajstić information content (AvgIpc) is 2.57. The van der Waals surface area contributed by atoms with E-state index < -0.39 is 17.4 Å². The molecule has 0 spiro atoms. The number of amides is 1. The fourth-order valence-electron chi connectivity index (χ4n) is 1.76. The molecule has 0 saturated carbocycles. The van der Waals surface area contributed by atoms with Crippen molar-refractivity contribution in [3.63, 3.8) is 0 Å². The minimum atomic E-state index is -0.590. The number of carbonyl (C=O) groups is 1. The molecule has 2 aromatic rings. The molecule has 0 saturated heterocycles. The summed E-state index contributed by atoms with van der Waals surface area (Å²) in [5, 5.41) is 24.5. The molecule has 8 nitrogen and oxygen atoms in total. The molecule has 0 aliphatic heterocycles. The number of hydrazone groups is 1. The van der Waals surface area contributed by atoms with Crippen LogP contribution in [0.2, 0.25) is 0 Å². The number of nitro benzene ring substituents is 1. The van der Waals surface area contributed by atoms with Gasteiger partial charge < -0.3 is 9.84 Å². The first-order valence-electron chi connectivity index (χ1n) is 6.74. The molecule has 2 N–H and O–H groups in total. The summed E-state index contributed by atoms with van der Waals surface area (Å²) in [6.45, 7) is -0.433. The summed E-state index contributed by atoms with van der Waals surface area (Å²) in [5.41, 5.74) is 2.47. The van der Waals surface area contributed by atoms with Gasteiger partial charge in [-0.2, -0.15) is 5.10 Å². The smallest absolute Gasteiger partial charge is 0.310 e. The highest BCUT2D eigenvalue weighted by Crippen LogP contribution is 2.26. The Hall–Kier alpha value is -1.96. The molecular weight excluding hydrogens is 556 g/mol. The van der Waals surface area contributed by atoms with Crippen molar-refractivity contribution in [3.05, 3.63) is 59.2 Å². The Morgan fingerprint density at radius 2 is 2.08 bits per heavy atom. The van der Waals surface area contributed by atoms with E-state index in [-0.39, 0.29) is 17.2 Å². The van der Waals surface area contributed by atoms with Crippen LogP contribution in [0.5, 0.6) is 11.5 Å². The van der Waals surface area contributed by atoms with Crippen LogP contribution in [0.3, 0.4) is 0 Å². The van der Waals surface area contributed by atoms with E-state index in [0.717, 1.165) is 3.57 Å². The van der Waals surface area contributed by atoms with Crippen molar-refractivity contribution in [2.75, 3.05) is 6.61 Å². The third-order valence-corrected chi connectivity index (χ3v) is 4.32. The fourth-order valence-corrected chi connectivity index (χ4v) is 3.65. The number of nitrogens with zero attached hydrogens (tertiary/aromatic N) is 2. The molecule has 0 aromatic heterocycles. The topological polar surface area (TPSA) is 114 Å². The van der Waals surface area contributed by atoms with Gasteiger partial charge in [-0.3, -0.25) is 14.9 Å². The van der Waals surface area contributed by atoms with Crippen molar-refractivity contribution in [1.29, 1.82) is 0 Å². The lowest BCUT2D eigenvalue weighted by atomic mass is 10.2. The maximum Gasteiger partial charge on any atom is 0.310 e. The van der Waals surface area contributed by atoms with E-state index in [2.05, 4.69) is 33.1 Å². The lowest BCUT2D eigenvalue weighted by Gasteiger charge is -2.05. The van der Waals surface area contributed by atoms with Gasteiger partial charge in [0.1, 0.15) is 5.75 Å². The van der Waals surface area contributed by atoms with E-state index in [4.69, 9.17) is 4.74 Å². The lowest BCUT2D eigenvalue weighted by molar-refractivity contribution is -0.385. The summed E-state index contributed by atoms with van der Waals surface area (Å²) in [7, 11) is 0. The summed E-state index contributed by atoms with van der Waals surface area (Å²) in [4.78, 5) is 22.0. The Bertz CT molecular complexity index is 842. The molecule has 25 heavy (non-hydrogen) atoms. The molecule has 0 aliphatic carbocycles. The largest absolute Gasteiger partial charge is 0.506 e. The molecule has 0 bridgehead atoms. The normalized spacial score (nSPS) is 10.6. The summed E-state index contributed by atoms with van der Waals surface area (Å²) >= 11 is 4.09. The highest BCUT2D eigenvalue weighted by Gasteiger charge is 2.14. The van der Waals surface area contributed by atoms with Crippen molar-refractivity contribution < 1.29 is 19.6 Å². The standard InChI is InChI=1S/C15H11I2N3O5/c16-10-5-9(15(22)11(17)6-10)7-18-19-14(21)8-25-13-4-2-1-3-12(13)20(23)24/h1-7,22H,8H2,(H,19,21). The maximum atomic E-state index is 11.7. The van der Waals surface area contributed by atoms with Crippen molar-refractivity contribution in [1.82, 2.24) is 5.43 Å². The second-order valence-corrected chi connectivity index (χ2v) is 7.04. The molecular formula is C15H11I2N3O5. The highest BCUT2D eigenvalue weighted by molar-refractivity contribution is 14.1. The van der Waals surface area contributed by atoms with Gasteiger partial charge in [0.25, 0.3) is 5.91 Å². The number of carbonyl (C=O) groups excluding carboxylic acids is 1. The van der Waals surface area contributed by atoms with Crippen molar-refractivity contribution in [2.45, 2.75) is 0 Å². The Morgan fingerprint density at radius 3 is 2.80 bits per heavy atom. The first-order valence-corrected chi connectivity index (χ1v) is 8.90. The van der Waals surface area contributed by atoms with Gasteiger partial charge in [0.2, 0.25) is 0 Å². The zero-order chi connectivity index (χ0) is 18.4. The number of hydrogen-bond acceptors (Lipinski definition) is 6. The van der Waals surface area contributed by atoms with Crippen LogP contribution >= 0.6 is 45.2 Å². The van der Waals surface area contributed by atoms with Crippen LogP contribution in [-0.4, -0.2) is 28.8 Å². The van der Waals surface area contributed by atoms with Crippen molar-refractivity contribution >= 4 is 63.0 Å². The Morgan fingerprint density at radius 1 is 1.36 bits per heavy atom. The average molecular weight is 567 g/mol. The molecule has 2 rings (SSSR count). The summed E-state index contributed by atoms with van der Waals surface area (Å²) in [6, 6.07) is 9.27. The second kappa shape index (κ2) is 8.94. The maximum absolute atomic E-state index is 11.7. The number of rotatable bonds is 6. The zero-order valence-electron chi connectivity index (χ0n) is 12.5. The van der Waals surface area contributed by atoms with E-state index in [1.807, 2.05) is 22.6 Å². The van der Waals surface area contributed by atoms with E-state index in [0.29, 0.717) is 9.13 Å². The Labute approximate surface area is 169 Å². The van der Waals surface area contributed by atoms with Gasteiger partial charge in [-0.1, -0.05) is 12.1 Å². The number of benzene rings is 2. The molecule has 10 heteroatoms. The zero-order valence-corrected chi connectivity index (χ0v) is 16.8. The third kappa shape index (κ3) is 5.52. The minimum Gasteiger partial charge on any atom is -0.506 e. The molecule has 1 amide bonds. The second-order valence-electron chi connectivity index (χ2n) is 4.63. The van der Waals surface area contributed by atoms with Crippen LogP contribution in [0, 0.1) is 17.3 Å². The number of phenolic OH excluding ortho intramolecular Hbond substituents is 1. The van der Waals surface area contributed by atoms with Crippen LogP contribution in [0.1, 0.15) is 5.56 Å². The summed E-state index contributed by atoms with van der Waals surface area (Å²) < 4.78 is 6.72. The molecule has 0 radical (unpaired) electrons. The van der Waals surface area contributed by atoms with Crippen LogP contribution in [0.4, 0.5) is 5.69 Å². The Balaban J connectivity index is 1.95. The molecule has 0 unspecified atom stereocenters. The van der Waals surface area contributed by atoms with Crippen molar-refractivity contribution in [2.24, 2.45) is 5.10 Å². The number of halogens is 2. The lowest BCUT2D eigenvalue weighted by Crippen LogP contribution is -2.24. The predicted molar refractivity (Wildman–Crippen MR) is 108 cm³/mol. The number of aromatic hydroxyl groups is 1. The van der Waals surface area contributed by atoms with Crippen LogP contribution in [0.25, 0.3) is 0 Å². The van der Waals surface area contributed by atoms with Gasteiger partial charge in [-0.15, -0.1) is 0 Å². The van der Waals surface area contributed by atoms with Gasteiger partial charge in [0.05, 0.1) is 14.7 Å². The van der Waals surface area contributed by atoms with Gasteiger partial charge >= 0.3 is 5.69 Å². The summed E-state index contributed by atoms with van der Waals surface area (Å²) in [5.74, 6) is -0.527. The molecule has 0 aliphatic rings. The first kappa shape index (κ1) is 19.4. The van der Waals surface area contributed by atoms with Crippen LogP contribution in [-0.2, 0) is 4.79 Å². The minimum absolute atomic E-state index is 0.00330. The van der Waals surface area contributed by atoms with Crippen LogP contribution in [0.15, 0.2) is 41.5 Å². The molecule has 0 heterocycles. The number of hydrogen-bond donors (Lipinski definition) is 2. The Kier molecular flexibility index (Phi) is 6.92. The summed E-state index contributed by atoms with van der Waals surface area (Å²) in [6.07, 6.45) is 1.31. The number of ether oxygens (including phenoxy) is 1. The number of nitrogens with one attached hydrogen (secondary N) is 1. The monoisotopic (exact) mass is 567 g/mol. The molecule has 0 atom stereocenters. The van der Waals surface area contributed by atoms with E-state index in [1.165, 1.54) is 24.4 Å². The number of para-hydroxylation sites is 2. The van der Waals surface area contributed by atoms with Gasteiger partial charge in [-0.05, 0) is 63.4 Å². The third-order valence-electron chi connectivity index (χ3n) is 2.87. The van der Waals surface area contributed by atoms with E-state index in [9.17, 15) is 20.0 Å². The molecule has 0 fully saturated rings. The molecule has 2 aromatic carbocycles. The van der Waals surface area contributed by atoms with E-state index in [1.54, 1.807) is 18.2 Å². The predicted octanol–water partition coefficient (Wildman–Crippen LogP) is 3.04. The van der Waals surface area contributed by atoms with Gasteiger partial charge in [-0.25, -0.2) is 5.43 Å². The van der Waals surface area contributed by atoms with Gasteiger partial charge in [0, 0.05) is 15.2 Å². The van der Waals surface area contributed by atoms with E-state index >= 15 is 0 Å².